The second kappa shape index (κ2) is 8.49. The molecule has 0 saturated heterocycles. The normalized spacial score (nSPS) is 17.2. The van der Waals surface area contributed by atoms with Gasteiger partial charge in [-0.05, 0) is 24.5 Å². The van der Waals surface area contributed by atoms with Gasteiger partial charge in [-0.3, -0.25) is 4.79 Å². The summed E-state index contributed by atoms with van der Waals surface area (Å²) in [4.78, 5) is 12.1. The van der Waals surface area contributed by atoms with E-state index in [0.717, 1.165) is 62.5 Å². The van der Waals surface area contributed by atoms with Gasteiger partial charge in [0.1, 0.15) is 0 Å². The van der Waals surface area contributed by atoms with E-state index in [9.17, 15) is 9.90 Å². The Kier molecular flexibility index (Phi) is 6.64. The average molecular weight is 317 g/mol. The second-order valence-corrected chi connectivity index (χ2v) is 6.96. The van der Waals surface area contributed by atoms with Crippen LogP contribution < -0.4 is 5.32 Å². The lowest BCUT2D eigenvalue weighted by Gasteiger charge is -2.31. The predicted octanol–water partition coefficient (Wildman–Crippen LogP) is 4.75. The molecule has 0 fully saturated rings. The van der Waals surface area contributed by atoms with Crippen LogP contribution in [-0.4, -0.2) is 16.6 Å². The fraction of sp³-hybridized carbons (Fsp3) is 0.650. The number of hydrogen-bond acceptors (Lipinski definition) is 2. The third kappa shape index (κ3) is 4.81. The third-order valence-corrected chi connectivity index (χ3v) is 4.96. The van der Waals surface area contributed by atoms with Crippen molar-refractivity contribution in [3.63, 3.8) is 0 Å². The summed E-state index contributed by atoms with van der Waals surface area (Å²) < 4.78 is 0. The maximum atomic E-state index is 12.1. The monoisotopic (exact) mass is 317 g/mol. The fourth-order valence-electron chi connectivity index (χ4n) is 3.60. The maximum absolute atomic E-state index is 12.1. The van der Waals surface area contributed by atoms with E-state index in [1.807, 2.05) is 24.3 Å². The minimum Gasteiger partial charge on any atom is -0.390 e. The lowest BCUT2D eigenvalue weighted by Crippen LogP contribution is -2.34. The van der Waals surface area contributed by atoms with Crippen LogP contribution in [0.15, 0.2) is 24.3 Å². The molecule has 1 heterocycles. The highest BCUT2D eigenvalue weighted by Gasteiger charge is 2.35. The van der Waals surface area contributed by atoms with E-state index in [0.29, 0.717) is 6.42 Å². The van der Waals surface area contributed by atoms with E-state index in [4.69, 9.17) is 0 Å². The second-order valence-electron chi connectivity index (χ2n) is 6.96. The largest absolute Gasteiger partial charge is 0.390 e. The summed E-state index contributed by atoms with van der Waals surface area (Å²) in [5, 5.41) is 14.2. The highest BCUT2D eigenvalue weighted by molar-refractivity contribution is 5.99. The van der Waals surface area contributed by atoms with Crippen molar-refractivity contribution < 1.29 is 9.90 Å². The van der Waals surface area contributed by atoms with Gasteiger partial charge >= 0.3 is 0 Å². The SMILES string of the molecule is CCCCCC(O)(CCCCC)CC1NC(=O)c2ccccc21. The molecule has 1 aliphatic rings. The predicted molar refractivity (Wildman–Crippen MR) is 94.5 cm³/mol. The van der Waals surface area contributed by atoms with Crippen LogP contribution in [0.3, 0.4) is 0 Å². The van der Waals surface area contributed by atoms with Gasteiger partial charge in [-0.2, -0.15) is 0 Å². The van der Waals surface area contributed by atoms with Crippen LogP contribution in [-0.2, 0) is 0 Å². The smallest absolute Gasteiger partial charge is 0.252 e. The molecule has 2 rings (SSSR count). The molecule has 3 heteroatoms. The summed E-state index contributed by atoms with van der Waals surface area (Å²) in [6.07, 6.45) is 9.04. The zero-order valence-electron chi connectivity index (χ0n) is 14.6. The lowest BCUT2D eigenvalue weighted by atomic mass is 9.83. The zero-order valence-corrected chi connectivity index (χ0v) is 14.6. The minimum absolute atomic E-state index is 0.00457. The molecule has 0 aromatic heterocycles. The minimum atomic E-state index is -0.667. The summed E-state index contributed by atoms with van der Waals surface area (Å²) in [7, 11) is 0. The van der Waals surface area contributed by atoms with Crippen LogP contribution in [0.25, 0.3) is 0 Å². The first-order chi connectivity index (χ1) is 11.1. The lowest BCUT2D eigenvalue weighted by molar-refractivity contribution is 0.00143. The van der Waals surface area contributed by atoms with Gasteiger partial charge in [0.15, 0.2) is 0 Å². The zero-order chi connectivity index (χ0) is 16.7. The molecule has 23 heavy (non-hydrogen) atoms. The number of rotatable bonds is 10. The molecule has 2 N–H and O–H groups in total. The number of amides is 1. The number of unbranched alkanes of at least 4 members (excludes halogenated alkanes) is 4. The molecular weight excluding hydrogens is 286 g/mol. The van der Waals surface area contributed by atoms with Crippen LogP contribution in [0, 0.1) is 0 Å². The Bertz CT molecular complexity index is 502. The maximum Gasteiger partial charge on any atom is 0.252 e. The summed E-state index contributed by atoms with van der Waals surface area (Å²) in [5.74, 6) is -0.00457. The van der Waals surface area contributed by atoms with Gasteiger partial charge < -0.3 is 10.4 Å². The van der Waals surface area contributed by atoms with Crippen LogP contribution in [0.4, 0.5) is 0 Å². The Balaban J connectivity index is 2.06. The van der Waals surface area contributed by atoms with Crippen molar-refractivity contribution in [2.24, 2.45) is 0 Å². The van der Waals surface area contributed by atoms with E-state index in [2.05, 4.69) is 19.2 Å². The number of benzene rings is 1. The van der Waals surface area contributed by atoms with Crippen molar-refractivity contribution in [1.29, 1.82) is 0 Å². The highest BCUT2D eigenvalue weighted by atomic mass is 16.3. The summed E-state index contributed by atoms with van der Waals surface area (Å²) in [6, 6.07) is 7.70. The van der Waals surface area contributed by atoms with E-state index >= 15 is 0 Å². The number of nitrogens with one attached hydrogen (secondary N) is 1. The standard InChI is InChI=1S/C20H31NO2/c1-3-5-9-13-20(23,14-10-6-4-2)15-18-16-11-7-8-12-17(16)19(22)21-18/h7-8,11-12,18,23H,3-6,9-10,13-15H2,1-2H3,(H,21,22). The molecule has 0 bridgehead atoms. The molecule has 0 aliphatic carbocycles. The topological polar surface area (TPSA) is 49.3 Å². The molecule has 0 saturated carbocycles. The van der Waals surface area contributed by atoms with Crippen LogP contribution >= 0.6 is 0 Å². The molecule has 1 aromatic rings. The van der Waals surface area contributed by atoms with E-state index in [1.54, 1.807) is 0 Å². The van der Waals surface area contributed by atoms with Gasteiger partial charge in [0.2, 0.25) is 0 Å². The van der Waals surface area contributed by atoms with E-state index < -0.39 is 5.60 Å². The van der Waals surface area contributed by atoms with E-state index in [1.165, 1.54) is 0 Å². The Hall–Kier alpha value is -1.35. The van der Waals surface area contributed by atoms with Gasteiger partial charge in [-0.1, -0.05) is 70.6 Å². The number of carbonyl (C=O) groups is 1. The van der Waals surface area contributed by atoms with Gasteiger partial charge in [-0.15, -0.1) is 0 Å². The molecule has 1 atom stereocenters. The fourth-order valence-corrected chi connectivity index (χ4v) is 3.60. The molecule has 128 valence electrons. The highest BCUT2D eigenvalue weighted by Crippen LogP contribution is 2.36. The van der Waals surface area contributed by atoms with Gasteiger partial charge in [-0.25, -0.2) is 0 Å². The number of fused-ring (bicyclic) bond motifs is 1. The number of carbonyl (C=O) groups excluding carboxylic acids is 1. The van der Waals surface area contributed by atoms with Crippen LogP contribution in [0.2, 0.25) is 0 Å². The first kappa shape index (κ1) is 18.0. The van der Waals surface area contributed by atoms with Crippen LogP contribution in [0.5, 0.6) is 0 Å². The summed E-state index contributed by atoms with van der Waals surface area (Å²) >= 11 is 0. The number of aliphatic hydroxyl groups is 1. The van der Waals surface area contributed by atoms with Gasteiger partial charge in [0.25, 0.3) is 5.91 Å². The van der Waals surface area contributed by atoms with Crippen molar-refractivity contribution in [3.05, 3.63) is 35.4 Å². The van der Waals surface area contributed by atoms with Crippen molar-refractivity contribution in [2.75, 3.05) is 0 Å². The molecule has 3 nitrogen and oxygen atoms in total. The Morgan fingerprint density at radius 2 is 1.65 bits per heavy atom. The summed E-state index contributed by atoms with van der Waals surface area (Å²) in [5.41, 5.74) is 1.14. The molecule has 1 aromatic carbocycles. The van der Waals surface area contributed by atoms with Crippen LogP contribution in [0.1, 0.15) is 93.6 Å². The number of hydrogen-bond donors (Lipinski definition) is 2. The van der Waals surface area contributed by atoms with Crippen molar-refractivity contribution >= 4 is 5.91 Å². The van der Waals surface area contributed by atoms with Gasteiger partial charge in [0, 0.05) is 12.0 Å². The summed E-state index contributed by atoms with van der Waals surface area (Å²) in [6.45, 7) is 4.37. The Labute approximate surface area is 140 Å². The molecule has 1 unspecified atom stereocenters. The molecule has 0 spiro atoms. The van der Waals surface area contributed by atoms with Gasteiger partial charge in [0.05, 0.1) is 11.6 Å². The average Bonchev–Trinajstić information content (AvgIpc) is 2.84. The third-order valence-electron chi connectivity index (χ3n) is 4.96. The molecule has 1 amide bonds. The van der Waals surface area contributed by atoms with Crippen molar-refractivity contribution in [1.82, 2.24) is 5.32 Å². The van der Waals surface area contributed by atoms with Crippen molar-refractivity contribution in [3.8, 4) is 0 Å². The van der Waals surface area contributed by atoms with Crippen molar-refractivity contribution in [2.45, 2.75) is 83.3 Å². The molecule has 1 aliphatic heterocycles. The quantitative estimate of drug-likeness (QED) is 0.612. The first-order valence-corrected chi connectivity index (χ1v) is 9.22. The first-order valence-electron chi connectivity index (χ1n) is 9.22. The molecular formula is C20H31NO2. The Morgan fingerprint density at radius 1 is 1.04 bits per heavy atom. The molecule has 0 radical (unpaired) electrons. The Morgan fingerprint density at radius 3 is 2.26 bits per heavy atom. The van der Waals surface area contributed by atoms with E-state index in [-0.39, 0.29) is 11.9 Å².